The molecule has 2 rings (SSSR count). The number of aromatic carboxylic acids is 1. The number of hydrogen-bond donors (Lipinski definition) is 1. The van der Waals surface area contributed by atoms with Crippen molar-refractivity contribution >= 4 is 21.7 Å². The first kappa shape index (κ1) is 15.5. The number of amides is 1. The molecule has 1 aromatic rings. The van der Waals surface area contributed by atoms with E-state index in [1.54, 1.807) is 0 Å². The average molecular weight is 311 g/mol. The highest BCUT2D eigenvalue weighted by Gasteiger charge is 2.35. The van der Waals surface area contributed by atoms with Gasteiger partial charge in [0, 0.05) is 13.1 Å². The maximum absolute atomic E-state index is 12.5. The van der Waals surface area contributed by atoms with Crippen LogP contribution in [0.4, 0.5) is 0 Å². The summed E-state index contributed by atoms with van der Waals surface area (Å²) in [7, 11) is -4.02. The van der Waals surface area contributed by atoms with Gasteiger partial charge >= 0.3 is 5.97 Å². The zero-order valence-corrected chi connectivity index (χ0v) is 12.5. The Balaban J connectivity index is 2.37. The number of carbonyl (C=O) groups excluding carboxylic acids is 1. The molecule has 0 saturated carbocycles. The van der Waals surface area contributed by atoms with E-state index in [-0.39, 0.29) is 10.5 Å². The molecule has 0 aliphatic carbocycles. The molecule has 0 spiro atoms. The van der Waals surface area contributed by atoms with Crippen molar-refractivity contribution in [2.24, 2.45) is 0 Å². The lowest BCUT2D eigenvalue weighted by molar-refractivity contribution is -0.129. The number of carboxylic acid groups (broad SMARTS) is 1. The van der Waals surface area contributed by atoms with Crippen LogP contribution in [0.25, 0.3) is 0 Å². The van der Waals surface area contributed by atoms with E-state index in [1.807, 2.05) is 0 Å². The van der Waals surface area contributed by atoms with Crippen molar-refractivity contribution in [2.45, 2.75) is 29.9 Å². The van der Waals surface area contributed by atoms with E-state index in [0.29, 0.717) is 13.1 Å². The molecular weight excluding hydrogens is 294 g/mol. The molecule has 1 N–H and O–H groups in total. The molecule has 0 aromatic heterocycles. The molecular formula is C14H17NO5S. The second kappa shape index (κ2) is 5.85. The fourth-order valence-electron chi connectivity index (χ4n) is 2.41. The Morgan fingerprint density at radius 1 is 1.19 bits per heavy atom. The lowest BCUT2D eigenvalue weighted by atomic mass is 10.2. The van der Waals surface area contributed by atoms with E-state index in [0.717, 1.165) is 12.8 Å². The van der Waals surface area contributed by atoms with Crippen LogP contribution in [0.15, 0.2) is 29.2 Å². The van der Waals surface area contributed by atoms with Crippen LogP contribution in [-0.2, 0) is 14.6 Å². The first-order valence-electron chi connectivity index (χ1n) is 6.70. The Labute approximate surface area is 123 Å². The molecule has 1 fully saturated rings. The van der Waals surface area contributed by atoms with Gasteiger partial charge in [0.2, 0.25) is 5.91 Å². The van der Waals surface area contributed by atoms with Crippen molar-refractivity contribution in [1.82, 2.24) is 4.90 Å². The third-order valence-electron chi connectivity index (χ3n) is 3.65. The summed E-state index contributed by atoms with van der Waals surface area (Å²) in [5.41, 5.74) is -0.307. The minimum atomic E-state index is -4.02. The average Bonchev–Trinajstić information content (AvgIpc) is 2.99. The lowest BCUT2D eigenvalue weighted by Gasteiger charge is -2.21. The number of carbonyl (C=O) groups is 2. The highest BCUT2D eigenvalue weighted by molar-refractivity contribution is 7.92. The van der Waals surface area contributed by atoms with Crippen LogP contribution >= 0.6 is 0 Å². The number of nitrogens with zero attached hydrogens (tertiary/aromatic N) is 1. The smallest absolute Gasteiger partial charge is 0.337 e. The summed E-state index contributed by atoms with van der Waals surface area (Å²) in [6.45, 7) is 2.42. The number of benzene rings is 1. The van der Waals surface area contributed by atoms with Crippen molar-refractivity contribution in [3.8, 4) is 0 Å². The Morgan fingerprint density at radius 2 is 1.76 bits per heavy atom. The summed E-state index contributed by atoms with van der Waals surface area (Å²) in [5.74, 6) is -1.79. The molecule has 1 aliphatic heterocycles. The fraction of sp³-hybridized carbons (Fsp3) is 0.429. The third kappa shape index (κ3) is 2.92. The van der Waals surface area contributed by atoms with Crippen molar-refractivity contribution in [1.29, 1.82) is 0 Å². The molecule has 1 heterocycles. The highest BCUT2D eigenvalue weighted by Crippen LogP contribution is 2.23. The predicted octanol–water partition coefficient (Wildman–Crippen LogP) is 1.17. The standard InChI is InChI=1S/C14H17NO5S/c1-10(13(16)15-8-4-5-9-15)21(19,20)12-7-3-2-6-11(12)14(17)18/h2-3,6-7,10H,4-5,8-9H2,1H3,(H,17,18). The van der Waals surface area contributed by atoms with Crippen LogP contribution in [0, 0.1) is 0 Å². The van der Waals surface area contributed by atoms with Gasteiger partial charge in [-0.15, -0.1) is 0 Å². The van der Waals surface area contributed by atoms with E-state index in [1.165, 1.54) is 36.1 Å². The number of carboxylic acids is 1. The van der Waals surface area contributed by atoms with Crippen LogP contribution in [0.3, 0.4) is 0 Å². The van der Waals surface area contributed by atoms with Crippen LogP contribution in [0.5, 0.6) is 0 Å². The maximum Gasteiger partial charge on any atom is 0.337 e. The normalized spacial score (nSPS) is 16.7. The van der Waals surface area contributed by atoms with Gasteiger partial charge in [0.05, 0.1) is 10.5 Å². The lowest BCUT2D eigenvalue weighted by Crippen LogP contribution is -2.40. The summed E-state index contributed by atoms with van der Waals surface area (Å²) in [4.78, 5) is 24.6. The molecule has 6 nitrogen and oxygen atoms in total. The van der Waals surface area contributed by atoms with Gasteiger partial charge in [0.25, 0.3) is 0 Å². The molecule has 0 bridgehead atoms. The van der Waals surface area contributed by atoms with Gasteiger partial charge in [-0.3, -0.25) is 4.79 Å². The zero-order valence-electron chi connectivity index (χ0n) is 11.7. The van der Waals surface area contributed by atoms with E-state index >= 15 is 0 Å². The first-order valence-corrected chi connectivity index (χ1v) is 8.25. The highest BCUT2D eigenvalue weighted by atomic mass is 32.2. The molecule has 1 amide bonds. The molecule has 0 radical (unpaired) electrons. The predicted molar refractivity (Wildman–Crippen MR) is 75.9 cm³/mol. The fourth-order valence-corrected chi connectivity index (χ4v) is 3.93. The number of sulfone groups is 1. The van der Waals surface area contributed by atoms with E-state index in [9.17, 15) is 18.0 Å². The summed E-state index contributed by atoms with van der Waals surface area (Å²) >= 11 is 0. The molecule has 21 heavy (non-hydrogen) atoms. The number of rotatable bonds is 4. The van der Waals surface area contributed by atoms with Gasteiger partial charge in [-0.25, -0.2) is 13.2 Å². The second-order valence-corrected chi connectivity index (χ2v) is 7.26. The van der Waals surface area contributed by atoms with Gasteiger partial charge in [-0.1, -0.05) is 12.1 Å². The first-order chi connectivity index (χ1) is 9.85. The Kier molecular flexibility index (Phi) is 4.32. The van der Waals surface area contributed by atoms with Gasteiger partial charge in [-0.2, -0.15) is 0 Å². The minimum Gasteiger partial charge on any atom is -0.478 e. The van der Waals surface area contributed by atoms with Crippen molar-refractivity contribution in [2.75, 3.05) is 13.1 Å². The maximum atomic E-state index is 12.5. The molecule has 1 atom stereocenters. The summed E-state index contributed by atoms with van der Waals surface area (Å²) in [6.07, 6.45) is 1.73. The number of likely N-dealkylation sites (tertiary alicyclic amines) is 1. The van der Waals surface area contributed by atoms with Gasteiger partial charge < -0.3 is 10.0 Å². The Bertz CT molecular complexity index is 662. The zero-order chi connectivity index (χ0) is 15.6. The third-order valence-corrected chi connectivity index (χ3v) is 5.76. The SMILES string of the molecule is CC(C(=O)N1CCCC1)S(=O)(=O)c1ccccc1C(=O)O. The minimum absolute atomic E-state index is 0.307. The monoisotopic (exact) mass is 311 g/mol. The van der Waals surface area contributed by atoms with Crippen molar-refractivity contribution in [3.63, 3.8) is 0 Å². The van der Waals surface area contributed by atoms with Crippen molar-refractivity contribution in [3.05, 3.63) is 29.8 Å². The van der Waals surface area contributed by atoms with Crippen LogP contribution < -0.4 is 0 Å². The Morgan fingerprint density at radius 3 is 2.33 bits per heavy atom. The summed E-state index contributed by atoms with van der Waals surface area (Å²) < 4.78 is 25.1. The van der Waals surface area contributed by atoms with E-state index < -0.39 is 27.0 Å². The molecule has 114 valence electrons. The Hall–Kier alpha value is -1.89. The van der Waals surface area contributed by atoms with Gasteiger partial charge in [-0.05, 0) is 31.9 Å². The van der Waals surface area contributed by atoms with Crippen LogP contribution in [0.2, 0.25) is 0 Å². The van der Waals surface area contributed by atoms with Gasteiger partial charge in [0.1, 0.15) is 5.25 Å². The molecule has 1 saturated heterocycles. The van der Waals surface area contributed by atoms with Crippen LogP contribution in [0.1, 0.15) is 30.1 Å². The number of hydrogen-bond acceptors (Lipinski definition) is 4. The molecule has 1 unspecified atom stereocenters. The topological polar surface area (TPSA) is 91.8 Å². The molecule has 1 aromatic carbocycles. The van der Waals surface area contributed by atoms with Crippen molar-refractivity contribution < 1.29 is 23.1 Å². The van der Waals surface area contributed by atoms with Gasteiger partial charge in [0.15, 0.2) is 9.84 Å². The van der Waals surface area contributed by atoms with E-state index in [2.05, 4.69) is 0 Å². The second-order valence-electron chi connectivity index (χ2n) is 5.02. The summed E-state index contributed by atoms with van der Waals surface area (Å²) in [6, 6.07) is 5.36. The molecule has 7 heteroatoms. The molecule has 1 aliphatic rings. The van der Waals surface area contributed by atoms with Crippen LogP contribution in [-0.4, -0.2) is 48.6 Å². The summed E-state index contributed by atoms with van der Waals surface area (Å²) in [5, 5.41) is 7.82. The quantitative estimate of drug-likeness (QED) is 0.901. The largest absolute Gasteiger partial charge is 0.478 e. The van der Waals surface area contributed by atoms with E-state index in [4.69, 9.17) is 5.11 Å².